The lowest BCUT2D eigenvalue weighted by Crippen LogP contribution is -2.41. The van der Waals surface area contributed by atoms with Gasteiger partial charge in [-0.15, -0.1) is 0 Å². The smallest absolute Gasteiger partial charge is 0.355 e. The average molecular weight is 476 g/mol. The van der Waals surface area contributed by atoms with Crippen LogP contribution in [0.1, 0.15) is 41.6 Å². The van der Waals surface area contributed by atoms with Crippen molar-refractivity contribution in [3.63, 3.8) is 0 Å². The van der Waals surface area contributed by atoms with E-state index in [-0.39, 0.29) is 17.6 Å². The number of likely N-dealkylation sites (tertiary alicyclic amines) is 1. The fraction of sp³-hybridized carbons (Fsp3) is 0.474. The predicted octanol–water partition coefficient (Wildman–Crippen LogP) is 3.79. The number of nitrogens with zero attached hydrogens (tertiary/aromatic N) is 5. The Bertz CT molecular complexity index is 1040. The second kappa shape index (κ2) is 9.16. The number of rotatable bonds is 5. The van der Waals surface area contributed by atoms with Crippen LogP contribution in [0.15, 0.2) is 22.7 Å². The van der Waals surface area contributed by atoms with Crippen molar-refractivity contribution >= 4 is 11.7 Å². The van der Waals surface area contributed by atoms with Crippen LogP contribution in [0.2, 0.25) is 0 Å². The van der Waals surface area contributed by atoms with Gasteiger partial charge in [0.1, 0.15) is 6.54 Å². The summed E-state index contributed by atoms with van der Waals surface area (Å²) in [5.74, 6) is -0.217. The number of hydrogen-bond donors (Lipinski definition) is 1. The highest BCUT2D eigenvalue weighted by Gasteiger charge is 2.36. The van der Waals surface area contributed by atoms with Crippen LogP contribution >= 0.6 is 0 Å². The molecule has 33 heavy (non-hydrogen) atoms. The molecule has 178 valence electrons. The zero-order valence-electron chi connectivity index (χ0n) is 16.9. The van der Waals surface area contributed by atoms with E-state index in [2.05, 4.69) is 10.1 Å². The molecular formula is C19H18F6N6O2. The summed E-state index contributed by atoms with van der Waals surface area (Å²) in [5.41, 5.74) is 2.77. The van der Waals surface area contributed by atoms with Gasteiger partial charge in [-0.1, -0.05) is 5.16 Å². The minimum absolute atomic E-state index is 0.149. The normalized spacial score (nSPS) is 15.4. The van der Waals surface area contributed by atoms with Crippen LogP contribution in [0, 0.1) is 11.3 Å². The van der Waals surface area contributed by atoms with Gasteiger partial charge in [0.15, 0.2) is 5.82 Å². The third-order valence-corrected chi connectivity index (χ3v) is 5.14. The van der Waals surface area contributed by atoms with Crippen molar-refractivity contribution in [1.82, 2.24) is 15.0 Å². The van der Waals surface area contributed by atoms with Crippen LogP contribution in [0.5, 0.6) is 0 Å². The third kappa shape index (κ3) is 6.05. The standard InChI is InChI=1S/C19H18F6N6O2/c20-18(21,22)10-31(13-2-1-12(8-26)14(7-13)19(23,24)25)9-15-28-16(33-29-15)11-3-5-30(6-4-11)17(27)32/h1-2,7,11H,3-6,9-10H2,(H2,27,32). The maximum Gasteiger partial charge on any atom is 0.417 e. The summed E-state index contributed by atoms with van der Waals surface area (Å²) in [6.45, 7) is -1.45. The largest absolute Gasteiger partial charge is 0.417 e. The third-order valence-electron chi connectivity index (χ3n) is 5.14. The maximum atomic E-state index is 13.3. The predicted molar refractivity (Wildman–Crippen MR) is 101 cm³/mol. The van der Waals surface area contributed by atoms with E-state index >= 15 is 0 Å². The molecule has 2 N–H and O–H groups in total. The highest BCUT2D eigenvalue weighted by Crippen LogP contribution is 2.35. The quantitative estimate of drug-likeness (QED) is 0.658. The van der Waals surface area contributed by atoms with Crippen LogP contribution in [-0.4, -0.2) is 46.9 Å². The first kappa shape index (κ1) is 24.1. The Labute approximate surface area is 183 Å². The number of carbonyl (C=O) groups excluding carboxylic acids is 1. The Kier molecular flexibility index (Phi) is 6.71. The first-order valence-corrected chi connectivity index (χ1v) is 9.67. The summed E-state index contributed by atoms with van der Waals surface area (Å²) < 4.78 is 84.4. The Morgan fingerprint density at radius 2 is 1.91 bits per heavy atom. The summed E-state index contributed by atoms with van der Waals surface area (Å²) in [6.07, 6.45) is -8.74. The highest BCUT2D eigenvalue weighted by atomic mass is 19.4. The molecule has 2 heterocycles. The molecule has 0 bridgehead atoms. The van der Waals surface area contributed by atoms with Gasteiger partial charge in [0.2, 0.25) is 5.89 Å². The van der Waals surface area contributed by atoms with Crippen molar-refractivity contribution in [2.75, 3.05) is 24.5 Å². The number of aromatic nitrogens is 2. The van der Waals surface area contributed by atoms with Crippen molar-refractivity contribution in [1.29, 1.82) is 5.26 Å². The number of amides is 2. The molecule has 1 fully saturated rings. The lowest BCUT2D eigenvalue weighted by molar-refractivity contribution is -0.137. The first-order chi connectivity index (χ1) is 15.4. The number of carbonyl (C=O) groups is 1. The Hall–Kier alpha value is -3.50. The van der Waals surface area contributed by atoms with Gasteiger partial charge in [-0.2, -0.15) is 36.6 Å². The van der Waals surface area contributed by atoms with Crippen LogP contribution in [0.3, 0.4) is 0 Å². The first-order valence-electron chi connectivity index (χ1n) is 9.67. The summed E-state index contributed by atoms with van der Waals surface area (Å²) in [4.78, 5) is 17.4. The number of nitrogens with two attached hydrogens (primary N) is 1. The van der Waals surface area contributed by atoms with Crippen molar-refractivity contribution in [2.45, 2.75) is 37.7 Å². The van der Waals surface area contributed by atoms with E-state index in [1.165, 1.54) is 11.0 Å². The number of anilines is 1. The van der Waals surface area contributed by atoms with Crippen LogP contribution < -0.4 is 10.6 Å². The Balaban J connectivity index is 1.83. The van der Waals surface area contributed by atoms with E-state index in [1.807, 2.05) is 0 Å². The number of halogens is 6. The molecule has 3 rings (SSSR count). The minimum Gasteiger partial charge on any atom is -0.355 e. The Morgan fingerprint density at radius 1 is 1.24 bits per heavy atom. The fourth-order valence-electron chi connectivity index (χ4n) is 3.53. The van der Waals surface area contributed by atoms with E-state index in [0.29, 0.717) is 36.9 Å². The SMILES string of the molecule is N#Cc1ccc(N(Cc2noc(C3CCN(C(N)=O)CC3)n2)CC(F)(F)F)cc1C(F)(F)F. The molecule has 1 aromatic carbocycles. The molecule has 2 aromatic rings. The summed E-state index contributed by atoms with van der Waals surface area (Å²) in [6, 6.07) is 3.12. The second-order valence-corrected chi connectivity index (χ2v) is 7.46. The number of nitriles is 1. The molecule has 0 radical (unpaired) electrons. The fourth-order valence-corrected chi connectivity index (χ4v) is 3.53. The van der Waals surface area contributed by atoms with Crippen LogP contribution in [-0.2, 0) is 12.7 Å². The van der Waals surface area contributed by atoms with E-state index in [1.54, 1.807) is 0 Å². The molecule has 0 spiro atoms. The van der Waals surface area contributed by atoms with Gasteiger partial charge in [-0.05, 0) is 31.0 Å². The van der Waals surface area contributed by atoms with Gasteiger partial charge >= 0.3 is 18.4 Å². The van der Waals surface area contributed by atoms with Gasteiger partial charge in [0, 0.05) is 24.7 Å². The number of benzene rings is 1. The van der Waals surface area contributed by atoms with Gasteiger partial charge in [-0.25, -0.2) is 4.79 Å². The van der Waals surface area contributed by atoms with Crippen molar-refractivity contribution < 1.29 is 35.7 Å². The van der Waals surface area contributed by atoms with Crippen LogP contribution in [0.25, 0.3) is 0 Å². The average Bonchev–Trinajstić information content (AvgIpc) is 3.20. The molecule has 8 nitrogen and oxygen atoms in total. The number of alkyl halides is 6. The minimum atomic E-state index is -4.93. The molecule has 1 aliphatic heterocycles. The highest BCUT2D eigenvalue weighted by molar-refractivity contribution is 5.72. The lowest BCUT2D eigenvalue weighted by atomic mass is 9.97. The molecule has 1 aromatic heterocycles. The zero-order valence-corrected chi connectivity index (χ0v) is 16.9. The van der Waals surface area contributed by atoms with Crippen molar-refractivity contribution in [3.8, 4) is 6.07 Å². The van der Waals surface area contributed by atoms with E-state index < -0.39 is 48.3 Å². The van der Waals surface area contributed by atoms with E-state index in [0.717, 1.165) is 12.1 Å². The number of primary amides is 1. The van der Waals surface area contributed by atoms with E-state index in [9.17, 15) is 31.1 Å². The summed E-state index contributed by atoms with van der Waals surface area (Å²) >= 11 is 0. The molecule has 0 aliphatic carbocycles. The van der Waals surface area contributed by atoms with Gasteiger partial charge in [-0.3, -0.25) is 0 Å². The Morgan fingerprint density at radius 3 is 2.45 bits per heavy atom. The summed E-state index contributed by atoms with van der Waals surface area (Å²) in [7, 11) is 0. The monoisotopic (exact) mass is 476 g/mol. The molecule has 14 heteroatoms. The van der Waals surface area contributed by atoms with Gasteiger partial charge < -0.3 is 20.1 Å². The number of piperidine rings is 1. The van der Waals surface area contributed by atoms with Crippen LogP contribution in [0.4, 0.5) is 36.8 Å². The molecule has 1 saturated heterocycles. The van der Waals surface area contributed by atoms with E-state index in [4.69, 9.17) is 15.5 Å². The van der Waals surface area contributed by atoms with Crippen molar-refractivity contribution in [3.05, 3.63) is 41.0 Å². The number of urea groups is 1. The van der Waals surface area contributed by atoms with Gasteiger partial charge in [0.25, 0.3) is 0 Å². The maximum absolute atomic E-state index is 13.3. The molecular weight excluding hydrogens is 458 g/mol. The zero-order chi connectivity index (χ0) is 24.4. The summed E-state index contributed by atoms with van der Waals surface area (Å²) in [5, 5.41) is 12.6. The molecule has 0 unspecified atom stereocenters. The topological polar surface area (TPSA) is 112 Å². The van der Waals surface area contributed by atoms with Crippen molar-refractivity contribution in [2.24, 2.45) is 5.73 Å². The number of hydrogen-bond acceptors (Lipinski definition) is 6. The molecule has 1 aliphatic rings. The molecule has 0 atom stereocenters. The van der Waals surface area contributed by atoms with Gasteiger partial charge in [0.05, 0.1) is 23.7 Å². The second-order valence-electron chi connectivity index (χ2n) is 7.46. The lowest BCUT2D eigenvalue weighted by Gasteiger charge is -2.28. The molecule has 2 amide bonds. The molecule has 0 saturated carbocycles.